The molecule has 0 bridgehead atoms. The first kappa shape index (κ1) is 26.0. The van der Waals surface area contributed by atoms with Crippen LogP contribution in [-0.2, 0) is 20.9 Å². The molecule has 0 aromatic heterocycles. The van der Waals surface area contributed by atoms with E-state index in [1.54, 1.807) is 0 Å². The minimum Gasteiger partial charge on any atom is -0.490 e. The van der Waals surface area contributed by atoms with Gasteiger partial charge in [0.1, 0.15) is 17.9 Å². The number of carbonyl (C=O) groups excluding carboxylic acids is 2. The lowest BCUT2D eigenvalue weighted by Gasteiger charge is -2.23. The Hall–Kier alpha value is -3.66. The zero-order chi connectivity index (χ0) is 25.5. The Morgan fingerprint density at radius 1 is 1.29 bits per heavy atom. The van der Waals surface area contributed by atoms with Crippen LogP contribution in [-0.4, -0.2) is 66.9 Å². The molecule has 35 heavy (non-hydrogen) atoms. The van der Waals surface area contributed by atoms with Gasteiger partial charge in [0.15, 0.2) is 24.0 Å². The van der Waals surface area contributed by atoms with E-state index in [1.165, 1.54) is 24.8 Å². The number of rotatable bonds is 10. The van der Waals surface area contributed by atoms with E-state index < -0.39 is 35.8 Å². The van der Waals surface area contributed by atoms with Gasteiger partial charge in [0.2, 0.25) is 0 Å². The summed E-state index contributed by atoms with van der Waals surface area (Å²) in [5.74, 6) is -2.24. The fourth-order valence-corrected chi connectivity index (χ4v) is 3.83. The number of amides is 1. The second kappa shape index (κ2) is 11.7. The topological polar surface area (TPSA) is 112 Å². The van der Waals surface area contributed by atoms with Gasteiger partial charge in [0.05, 0.1) is 32.4 Å². The minimum atomic E-state index is -1.13. The highest BCUT2D eigenvalue weighted by Crippen LogP contribution is 2.36. The largest absolute Gasteiger partial charge is 0.490 e. The Labute approximate surface area is 202 Å². The van der Waals surface area contributed by atoms with Crippen molar-refractivity contribution in [3.8, 4) is 11.5 Å². The lowest BCUT2D eigenvalue weighted by atomic mass is 10.1. The predicted molar refractivity (Wildman–Crippen MR) is 122 cm³/mol. The minimum absolute atomic E-state index is 0.0390. The van der Waals surface area contributed by atoms with Crippen molar-refractivity contribution >= 4 is 18.3 Å². The van der Waals surface area contributed by atoms with Gasteiger partial charge in [-0.25, -0.2) is 14.0 Å². The molecule has 1 saturated heterocycles. The van der Waals surface area contributed by atoms with Crippen LogP contribution >= 0.6 is 0 Å². The first-order valence-corrected chi connectivity index (χ1v) is 11.1. The quantitative estimate of drug-likeness (QED) is 0.398. The smallest absolute Gasteiger partial charge is 0.407 e. The number of esters is 1. The standard InChI is InChI=1S/C25H28FNO8/c1-15-9-20(21(24(29)32-3)23(22(15)26)35-16(2)12-28)34-14-18-10-19(11-27(18)25(30)31)33-13-17-7-5-4-6-8-17/h4-9,12,16,18-19H,10-11,13-14H2,1-3H3,(H,30,31)/t16?,18-,19+/m1/s1. The summed E-state index contributed by atoms with van der Waals surface area (Å²) < 4.78 is 36.7. The van der Waals surface area contributed by atoms with Crippen molar-refractivity contribution in [3.63, 3.8) is 0 Å². The van der Waals surface area contributed by atoms with Crippen molar-refractivity contribution in [2.45, 2.75) is 45.1 Å². The summed E-state index contributed by atoms with van der Waals surface area (Å²) in [5, 5.41) is 9.65. The van der Waals surface area contributed by atoms with E-state index >= 15 is 0 Å². The molecule has 3 atom stereocenters. The van der Waals surface area contributed by atoms with Gasteiger partial charge in [-0.2, -0.15) is 0 Å². The van der Waals surface area contributed by atoms with Crippen LogP contribution in [0.1, 0.15) is 34.8 Å². The molecule has 1 aliphatic rings. The van der Waals surface area contributed by atoms with E-state index in [0.717, 1.165) is 12.7 Å². The molecule has 1 fully saturated rings. The number of carbonyl (C=O) groups is 3. The van der Waals surface area contributed by atoms with Crippen LogP contribution in [0.25, 0.3) is 0 Å². The van der Waals surface area contributed by atoms with E-state index in [1.807, 2.05) is 30.3 Å². The maximum absolute atomic E-state index is 14.8. The normalized spacial score (nSPS) is 18.1. The van der Waals surface area contributed by atoms with Crippen molar-refractivity contribution in [2.75, 3.05) is 20.3 Å². The van der Waals surface area contributed by atoms with Crippen LogP contribution in [0.2, 0.25) is 0 Å². The zero-order valence-corrected chi connectivity index (χ0v) is 19.7. The average molecular weight is 489 g/mol. The van der Waals surface area contributed by atoms with Gasteiger partial charge in [-0.05, 0) is 37.5 Å². The number of carboxylic acid groups (broad SMARTS) is 1. The molecule has 2 aromatic rings. The number of aryl methyl sites for hydroxylation is 1. The first-order chi connectivity index (χ1) is 16.7. The molecule has 3 rings (SSSR count). The zero-order valence-electron chi connectivity index (χ0n) is 19.7. The monoisotopic (exact) mass is 489 g/mol. The molecular weight excluding hydrogens is 461 g/mol. The maximum Gasteiger partial charge on any atom is 0.407 e. The predicted octanol–water partition coefficient (Wildman–Crippen LogP) is 3.60. The molecule has 2 aromatic carbocycles. The SMILES string of the molecule is COC(=O)c1c(OC[C@H]2C[C@H](OCc3ccccc3)CN2C(=O)O)cc(C)c(F)c1OC(C)C=O. The Balaban J connectivity index is 1.79. The summed E-state index contributed by atoms with van der Waals surface area (Å²) in [6.07, 6.45) is -1.66. The van der Waals surface area contributed by atoms with Crippen molar-refractivity contribution in [1.82, 2.24) is 4.90 Å². The van der Waals surface area contributed by atoms with E-state index in [-0.39, 0.29) is 36.1 Å². The number of halogens is 1. The van der Waals surface area contributed by atoms with Gasteiger partial charge in [-0.3, -0.25) is 9.69 Å². The van der Waals surface area contributed by atoms with E-state index in [2.05, 4.69) is 0 Å². The van der Waals surface area contributed by atoms with Gasteiger partial charge in [0, 0.05) is 0 Å². The average Bonchev–Trinajstić information content (AvgIpc) is 3.28. The highest BCUT2D eigenvalue weighted by atomic mass is 19.1. The summed E-state index contributed by atoms with van der Waals surface area (Å²) in [4.78, 5) is 36.5. The molecule has 10 heteroatoms. The van der Waals surface area contributed by atoms with Crippen molar-refractivity contribution < 1.29 is 42.8 Å². The molecule has 1 heterocycles. The summed E-state index contributed by atoms with van der Waals surface area (Å²) in [7, 11) is 1.12. The molecule has 0 radical (unpaired) electrons. The molecule has 9 nitrogen and oxygen atoms in total. The lowest BCUT2D eigenvalue weighted by Crippen LogP contribution is -2.38. The molecule has 1 amide bonds. The van der Waals surface area contributed by atoms with Crippen molar-refractivity contribution in [1.29, 1.82) is 0 Å². The fourth-order valence-electron chi connectivity index (χ4n) is 3.83. The molecule has 1 N–H and O–H groups in total. The fraction of sp³-hybridized carbons (Fsp3) is 0.400. The number of hydrogen-bond donors (Lipinski definition) is 1. The van der Waals surface area contributed by atoms with Crippen molar-refractivity contribution in [3.05, 3.63) is 58.9 Å². The van der Waals surface area contributed by atoms with E-state index in [0.29, 0.717) is 19.3 Å². The number of hydrogen-bond acceptors (Lipinski definition) is 7. The summed E-state index contributed by atoms with van der Waals surface area (Å²) in [5.41, 5.74) is 0.767. The van der Waals surface area contributed by atoms with Gasteiger partial charge >= 0.3 is 12.1 Å². The third-order valence-corrected chi connectivity index (χ3v) is 5.63. The number of methoxy groups -OCH3 is 1. The maximum atomic E-state index is 14.8. The molecule has 0 saturated carbocycles. The highest BCUT2D eigenvalue weighted by molar-refractivity contribution is 5.96. The summed E-state index contributed by atoms with van der Waals surface area (Å²) in [6.45, 7) is 3.23. The van der Waals surface area contributed by atoms with Crippen LogP contribution in [0.4, 0.5) is 9.18 Å². The summed E-state index contributed by atoms with van der Waals surface area (Å²) >= 11 is 0. The number of nitrogens with zero attached hydrogens (tertiary/aromatic N) is 1. The van der Waals surface area contributed by atoms with Crippen molar-refractivity contribution in [2.24, 2.45) is 0 Å². The van der Waals surface area contributed by atoms with E-state index in [4.69, 9.17) is 18.9 Å². The molecule has 1 unspecified atom stereocenters. The first-order valence-electron chi connectivity index (χ1n) is 11.1. The lowest BCUT2D eigenvalue weighted by molar-refractivity contribution is -0.113. The number of aldehydes is 1. The van der Waals surface area contributed by atoms with Crippen LogP contribution in [0, 0.1) is 12.7 Å². The molecular formula is C25H28FNO8. The third kappa shape index (κ3) is 6.27. The molecule has 0 spiro atoms. The van der Waals surface area contributed by atoms with Gasteiger partial charge < -0.3 is 24.1 Å². The van der Waals surface area contributed by atoms with Gasteiger partial charge in [-0.1, -0.05) is 30.3 Å². The highest BCUT2D eigenvalue weighted by Gasteiger charge is 2.37. The Kier molecular flexibility index (Phi) is 8.64. The van der Waals surface area contributed by atoms with Crippen LogP contribution in [0.5, 0.6) is 11.5 Å². The Bertz CT molecular complexity index is 1060. The van der Waals surface area contributed by atoms with Crippen LogP contribution in [0.15, 0.2) is 36.4 Å². The molecule has 0 aliphatic carbocycles. The number of likely N-dealkylation sites (tertiary alicyclic amines) is 1. The molecule has 1 aliphatic heterocycles. The second-order valence-electron chi connectivity index (χ2n) is 8.21. The molecule has 188 valence electrons. The Morgan fingerprint density at radius 3 is 2.63 bits per heavy atom. The summed E-state index contributed by atoms with van der Waals surface area (Å²) in [6, 6.07) is 10.3. The van der Waals surface area contributed by atoms with E-state index in [9.17, 15) is 23.9 Å². The van der Waals surface area contributed by atoms with Gasteiger partial charge in [-0.15, -0.1) is 0 Å². The Morgan fingerprint density at radius 2 is 2.00 bits per heavy atom. The van der Waals surface area contributed by atoms with Crippen LogP contribution in [0.3, 0.4) is 0 Å². The van der Waals surface area contributed by atoms with Gasteiger partial charge in [0.25, 0.3) is 0 Å². The number of benzene rings is 2. The number of ether oxygens (including phenoxy) is 4. The third-order valence-electron chi connectivity index (χ3n) is 5.63. The second-order valence-corrected chi connectivity index (χ2v) is 8.21. The van der Waals surface area contributed by atoms with Crippen LogP contribution < -0.4 is 9.47 Å².